The molecule has 0 N–H and O–H groups in total. The molecular weight excluding hydrogens is 212 g/mol. The van der Waals surface area contributed by atoms with Gasteiger partial charge in [-0.2, -0.15) is 17.0 Å². The highest BCUT2D eigenvalue weighted by Gasteiger charge is 2.03. The summed E-state index contributed by atoms with van der Waals surface area (Å²) in [6.45, 7) is 0. The number of nitro groups is 1. The number of nitro benzene ring substituents is 1. The highest BCUT2D eigenvalue weighted by atomic mass is 32.2. The Balaban J connectivity index is 2.43. The van der Waals surface area contributed by atoms with Gasteiger partial charge in [0.2, 0.25) is 0 Å². The second-order valence-electron chi connectivity index (χ2n) is 2.88. The van der Waals surface area contributed by atoms with Crippen molar-refractivity contribution >= 4 is 17.4 Å². The number of nitriles is 1. The molecule has 0 aliphatic rings. The van der Waals surface area contributed by atoms with Crippen LogP contribution in [0.4, 0.5) is 5.69 Å². The molecule has 78 valence electrons. The number of non-ortho nitro benzene ring substituents is 1. The van der Waals surface area contributed by atoms with Crippen molar-refractivity contribution in [2.45, 2.75) is 12.2 Å². The van der Waals surface area contributed by atoms with Crippen LogP contribution in [0, 0.1) is 21.4 Å². The van der Waals surface area contributed by atoms with Crippen molar-refractivity contribution in [2.75, 3.05) is 5.75 Å². The Bertz CT molecular complexity index is 370. The molecule has 5 heteroatoms. The quantitative estimate of drug-likeness (QED) is 0.436. The molecule has 0 saturated heterocycles. The van der Waals surface area contributed by atoms with E-state index in [9.17, 15) is 10.1 Å². The normalized spacial score (nSPS) is 9.53. The van der Waals surface area contributed by atoms with Gasteiger partial charge in [-0.1, -0.05) is 12.1 Å². The van der Waals surface area contributed by atoms with Crippen molar-refractivity contribution in [3.63, 3.8) is 0 Å². The second kappa shape index (κ2) is 6.04. The summed E-state index contributed by atoms with van der Waals surface area (Å²) < 4.78 is 0. The van der Waals surface area contributed by atoms with Gasteiger partial charge in [0, 0.05) is 30.1 Å². The van der Waals surface area contributed by atoms with Gasteiger partial charge < -0.3 is 0 Å². The van der Waals surface area contributed by atoms with E-state index in [4.69, 9.17) is 5.26 Å². The van der Waals surface area contributed by atoms with E-state index < -0.39 is 4.92 Å². The summed E-state index contributed by atoms with van der Waals surface area (Å²) in [5.74, 6) is 1.59. The van der Waals surface area contributed by atoms with Crippen LogP contribution < -0.4 is 0 Å². The minimum Gasteiger partial charge on any atom is -0.258 e. The molecule has 0 fully saturated rings. The first-order valence-electron chi connectivity index (χ1n) is 4.42. The zero-order valence-electron chi connectivity index (χ0n) is 8.05. The van der Waals surface area contributed by atoms with Gasteiger partial charge in [-0.25, -0.2) is 0 Å². The predicted octanol–water partition coefficient (Wildman–Crippen LogP) is 2.74. The number of hydrogen-bond acceptors (Lipinski definition) is 4. The highest BCUT2D eigenvalue weighted by Crippen LogP contribution is 2.16. The molecule has 0 radical (unpaired) electrons. The zero-order chi connectivity index (χ0) is 11.1. The van der Waals surface area contributed by atoms with Crippen molar-refractivity contribution in [2.24, 2.45) is 0 Å². The van der Waals surface area contributed by atoms with Gasteiger partial charge in [-0.15, -0.1) is 0 Å². The highest BCUT2D eigenvalue weighted by molar-refractivity contribution is 7.98. The van der Waals surface area contributed by atoms with Gasteiger partial charge in [0.05, 0.1) is 11.0 Å². The predicted molar refractivity (Wildman–Crippen MR) is 59.5 cm³/mol. The monoisotopic (exact) mass is 222 g/mol. The third-order valence-corrected chi connectivity index (χ3v) is 2.80. The molecule has 0 aliphatic carbocycles. The topological polar surface area (TPSA) is 66.9 Å². The average Bonchev–Trinajstić information content (AvgIpc) is 2.25. The second-order valence-corrected chi connectivity index (χ2v) is 3.99. The SMILES string of the molecule is N#CCCSCc1ccc([N+](=O)[O-])cc1. The Morgan fingerprint density at radius 2 is 2.07 bits per heavy atom. The molecular formula is C10H10N2O2S. The van der Waals surface area contributed by atoms with E-state index in [1.807, 2.05) is 0 Å². The van der Waals surface area contributed by atoms with E-state index in [0.29, 0.717) is 6.42 Å². The molecule has 0 spiro atoms. The molecule has 0 unspecified atom stereocenters. The minimum atomic E-state index is -0.410. The lowest BCUT2D eigenvalue weighted by Crippen LogP contribution is -1.88. The fourth-order valence-electron chi connectivity index (χ4n) is 1.02. The Hall–Kier alpha value is -1.54. The summed E-state index contributed by atoms with van der Waals surface area (Å²) in [4.78, 5) is 9.97. The average molecular weight is 222 g/mol. The Kier molecular flexibility index (Phi) is 4.64. The Morgan fingerprint density at radius 1 is 1.40 bits per heavy atom. The smallest absolute Gasteiger partial charge is 0.258 e. The van der Waals surface area contributed by atoms with Crippen LogP contribution in [0.15, 0.2) is 24.3 Å². The fraction of sp³-hybridized carbons (Fsp3) is 0.300. The van der Waals surface area contributed by atoms with E-state index in [1.165, 1.54) is 12.1 Å². The molecule has 0 amide bonds. The summed E-state index contributed by atoms with van der Waals surface area (Å²) in [5, 5.41) is 18.7. The van der Waals surface area contributed by atoms with E-state index in [1.54, 1.807) is 23.9 Å². The van der Waals surface area contributed by atoms with Crippen LogP contribution in [0.5, 0.6) is 0 Å². The lowest BCUT2D eigenvalue weighted by molar-refractivity contribution is -0.384. The lowest BCUT2D eigenvalue weighted by Gasteiger charge is -1.99. The molecule has 0 heterocycles. The Morgan fingerprint density at radius 3 is 2.60 bits per heavy atom. The van der Waals surface area contributed by atoms with Crippen LogP contribution in [0.1, 0.15) is 12.0 Å². The van der Waals surface area contributed by atoms with Gasteiger partial charge >= 0.3 is 0 Å². The van der Waals surface area contributed by atoms with E-state index in [2.05, 4.69) is 6.07 Å². The van der Waals surface area contributed by atoms with Crippen LogP contribution in [-0.2, 0) is 5.75 Å². The molecule has 4 nitrogen and oxygen atoms in total. The van der Waals surface area contributed by atoms with Crippen LogP contribution in [0.3, 0.4) is 0 Å². The molecule has 0 saturated carbocycles. The first-order valence-corrected chi connectivity index (χ1v) is 5.57. The number of thioether (sulfide) groups is 1. The van der Waals surface area contributed by atoms with Crippen molar-refractivity contribution in [3.8, 4) is 6.07 Å². The van der Waals surface area contributed by atoms with Crippen LogP contribution in [-0.4, -0.2) is 10.7 Å². The van der Waals surface area contributed by atoms with Gasteiger partial charge in [-0.3, -0.25) is 10.1 Å². The maximum Gasteiger partial charge on any atom is 0.269 e. The standard InChI is InChI=1S/C10H10N2O2S/c11-6-1-7-15-8-9-2-4-10(5-3-9)12(13)14/h2-5H,1,7-8H2. The van der Waals surface area contributed by atoms with Crippen molar-refractivity contribution in [3.05, 3.63) is 39.9 Å². The largest absolute Gasteiger partial charge is 0.269 e. The van der Waals surface area contributed by atoms with Crippen LogP contribution >= 0.6 is 11.8 Å². The van der Waals surface area contributed by atoms with Crippen LogP contribution in [0.2, 0.25) is 0 Å². The summed E-state index contributed by atoms with van der Waals surface area (Å²) >= 11 is 1.65. The van der Waals surface area contributed by atoms with Crippen molar-refractivity contribution < 1.29 is 4.92 Å². The maximum atomic E-state index is 10.4. The van der Waals surface area contributed by atoms with Gasteiger partial charge in [0.25, 0.3) is 5.69 Å². The van der Waals surface area contributed by atoms with E-state index in [-0.39, 0.29) is 5.69 Å². The number of nitrogens with zero attached hydrogens (tertiary/aromatic N) is 2. The summed E-state index contributed by atoms with van der Waals surface area (Å²) in [5.41, 5.74) is 1.16. The summed E-state index contributed by atoms with van der Waals surface area (Å²) in [6, 6.07) is 8.56. The van der Waals surface area contributed by atoms with Gasteiger partial charge in [0.15, 0.2) is 0 Å². The molecule has 1 aromatic carbocycles. The van der Waals surface area contributed by atoms with E-state index >= 15 is 0 Å². The number of hydrogen-bond donors (Lipinski definition) is 0. The van der Waals surface area contributed by atoms with E-state index in [0.717, 1.165) is 17.1 Å². The van der Waals surface area contributed by atoms with Gasteiger partial charge in [0.1, 0.15) is 0 Å². The summed E-state index contributed by atoms with van der Waals surface area (Å²) in [6.07, 6.45) is 0.539. The fourth-order valence-corrected chi connectivity index (χ4v) is 1.83. The molecule has 0 atom stereocenters. The third-order valence-electron chi connectivity index (χ3n) is 1.77. The van der Waals surface area contributed by atoms with Crippen molar-refractivity contribution in [1.29, 1.82) is 5.26 Å². The van der Waals surface area contributed by atoms with Gasteiger partial charge in [-0.05, 0) is 5.56 Å². The zero-order valence-corrected chi connectivity index (χ0v) is 8.87. The molecule has 15 heavy (non-hydrogen) atoms. The van der Waals surface area contributed by atoms with Crippen LogP contribution in [0.25, 0.3) is 0 Å². The Labute approximate surface area is 92.1 Å². The third kappa shape index (κ3) is 4.00. The maximum absolute atomic E-state index is 10.4. The molecule has 1 rings (SSSR count). The summed E-state index contributed by atoms with van der Waals surface area (Å²) in [7, 11) is 0. The number of rotatable bonds is 5. The molecule has 0 aromatic heterocycles. The molecule has 0 bridgehead atoms. The first-order chi connectivity index (χ1) is 7.24. The van der Waals surface area contributed by atoms with Crippen molar-refractivity contribution in [1.82, 2.24) is 0 Å². The molecule has 1 aromatic rings. The number of benzene rings is 1. The lowest BCUT2D eigenvalue weighted by atomic mass is 10.2. The minimum absolute atomic E-state index is 0.112. The molecule has 0 aliphatic heterocycles. The first kappa shape index (κ1) is 11.5.